The Morgan fingerprint density at radius 2 is 2.39 bits per heavy atom. The van der Waals surface area contributed by atoms with Crippen LogP contribution >= 0.6 is 0 Å². The first-order valence-electron chi connectivity index (χ1n) is 5.41. The lowest BCUT2D eigenvalue weighted by Crippen LogP contribution is -2.30. The van der Waals surface area contributed by atoms with Gasteiger partial charge in [0.1, 0.15) is 12.1 Å². The maximum absolute atomic E-state index is 10.8. The molecule has 0 aliphatic rings. The molecule has 7 heteroatoms. The standard InChI is InChI=1S/C11H14N4O3/c1-7-3-9(12-5-8(18-2)11(16)17)15-10(4-7)13-6-14-15/h3-4,6,8,12H,5H2,1-2H3,(H,16,17). The highest BCUT2D eigenvalue weighted by Gasteiger charge is 2.16. The van der Waals surface area contributed by atoms with Crippen LogP contribution < -0.4 is 5.32 Å². The lowest BCUT2D eigenvalue weighted by Gasteiger charge is -2.13. The number of aryl methyl sites for hydroxylation is 1. The van der Waals surface area contributed by atoms with Crippen molar-refractivity contribution in [2.45, 2.75) is 13.0 Å². The zero-order valence-electron chi connectivity index (χ0n) is 10.1. The molecule has 2 N–H and O–H groups in total. The molecule has 18 heavy (non-hydrogen) atoms. The molecule has 2 aromatic heterocycles. The Kier molecular flexibility index (Phi) is 3.42. The van der Waals surface area contributed by atoms with E-state index in [1.165, 1.54) is 13.4 Å². The van der Waals surface area contributed by atoms with Gasteiger partial charge in [-0.05, 0) is 24.6 Å². The summed E-state index contributed by atoms with van der Waals surface area (Å²) in [6.45, 7) is 2.09. The van der Waals surface area contributed by atoms with E-state index < -0.39 is 12.1 Å². The molecular formula is C11H14N4O3. The molecule has 0 saturated carbocycles. The van der Waals surface area contributed by atoms with Crippen LogP contribution in [-0.4, -0.2) is 45.4 Å². The number of anilines is 1. The molecule has 2 heterocycles. The lowest BCUT2D eigenvalue weighted by atomic mass is 10.3. The van der Waals surface area contributed by atoms with Crippen LogP contribution in [0.1, 0.15) is 5.56 Å². The highest BCUT2D eigenvalue weighted by molar-refractivity contribution is 5.73. The maximum Gasteiger partial charge on any atom is 0.334 e. The summed E-state index contributed by atoms with van der Waals surface area (Å²) in [5, 5.41) is 15.9. The summed E-state index contributed by atoms with van der Waals surface area (Å²) in [6, 6.07) is 3.76. The molecule has 0 bridgehead atoms. The first-order chi connectivity index (χ1) is 8.61. The van der Waals surface area contributed by atoms with Gasteiger partial charge in [-0.2, -0.15) is 9.61 Å². The van der Waals surface area contributed by atoms with Crippen molar-refractivity contribution in [3.63, 3.8) is 0 Å². The Morgan fingerprint density at radius 1 is 1.61 bits per heavy atom. The van der Waals surface area contributed by atoms with E-state index in [4.69, 9.17) is 9.84 Å². The second kappa shape index (κ2) is 5.01. The zero-order chi connectivity index (χ0) is 13.1. The largest absolute Gasteiger partial charge is 0.479 e. The topological polar surface area (TPSA) is 88.8 Å². The zero-order valence-corrected chi connectivity index (χ0v) is 10.1. The molecule has 0 spiro atoms. The molecule has 1 unspecified atom stereocenters. The van der Waals surface area contributed by atoms with Crippen LogP contribution in [0.4, 0.5) is 5.82 Å². The van der Waals surface area contributed by atoms with Gasteiger partial charge in [0.25, 0.3) is 0 Å². The van der Waals surface area contributed by atoms with Gasteiger partial charge in [-0.15, -0.1) is 0 Å². The minimum Gasteiger partial charge on any atom is -0.479 e. The van der Waals surface area contributed by atoms with Gasteiger partial charge >= 0.3 is 5.97 Å². The number of rotatable bonds is 5. The molecule has 0 saturated heterocycles. The van der Waals surface area contributed by atoms with E-state index in [0.29, 0.717) is 11.5 Å². The fraction of sp³-hybridized carbons (Fsp3) is 0.364. The van der Waals surface area contributed by atoms with Gasteiger partial charge in [-0.25, -0.2) is 9.78 Å². The molecule has 0 aliphatic heterocycles. The molecule has 1 atom stereocenters. The van der Waals surface area contributed by atoms with E-state index >= 15 is 0 Å². The number of aliphatic carboxylic acids is 1. The fourth-order valence-corrected chi connectivity index (χ4v) is 1.65. The summed E-state index contributed by atoms with van der Waals surface area (Å²) >= 11 is 0. The monoisotopic (exact) mass is 250 g/mol. The van der Waals surface area contributed by atoms with E-state index in [-0.39, 0.29) is 6.54 Å². The molecule has 7 nitrogen and oxygen atoms in total. The molecular weight excluding hydrogens is 236 g/mol. The van der Waals surface area contributed by atoms with Crippen molar-refractivity contribution in [2.75, 3.05) is 19.0 Å². The van der Waals surface area contributed by atoms with Crippen LogP contribution in [0.3, 0.4) is 0 Å². The van der Waals surface area contributed by atoms with Crippen LogP contribution in [0, 0.1) is 6.92 Å². The number of methoxy groups -OCH3 is 1. The van der Waals surface area contributed by atoms with Crippen LogP contribution in [0.5, 0.6) is 0 Å². The number of fused-ring (bicyclic) bond motifs is 1. The Balaban J connectivity index is 2.21. The van der Waals surface area contributed by atoms with Crippen LogP contribution in [-0.2, 0) is 9.53 Å². The average molecular weight is 250 g/mol. The molecule has 0 fully saturated rings. The van der Waals surface area contributed by atoms with Gasteiger partial charge in [-0.1, -0.05) is 0 Å². The SMILES string of the molecule is COC(CNc1cc(C)cc2ncnn12)C(=O)O. The van der Waals surface area contributed by atoms with E-state index in [1.807, 2.05) is 19.1 Å². The number of hydrogen-bond acceptors (Lipinski definition) is 5. The molecule has 0 aromatic carbocycles. The number of hydrogen-bond donors (Lipinski definition) is 2. The number of nitrogens with zero attached hydrogens (tertiary/aromatic N) is 3. The predicted molar refractivity (Wildman–Crippen MR) is 64.6 cm³/mol. The number of aromatic nitrogens is 3. The predicted octanol–water partition coefficient (Wildman–Crippen LogP) is 0.549. The van der Waals surface area contributed by atoms with Crippen molar-refractivity contribution in [1.82, 2.24) is 14.6 Å². The third kappa shape index (κ3) is 2.40. The number of pyridine rings is 1. The smallest absolute Gasteiger partial charge is 0.334 e. The second-order valence-electron chi connectivity index (χ2n) is 3.89. The number of nitrogens with one attached hydrogen (secondary N) is 1. The van der Waals surface area contributed by atoms with Gasteiger partial charge in [0, 0.05) is 7.11 Å². The third-order valence-corrected chi connectivity index (χ3v) is 2.55. The van der Waals surface area contributed by atoms with Crippen molar-refractivity contribution in [2.24, 2.45) is 0 Å². The number of carboxylic acid groups (broad SMARTS) is 1. The first-order valence-corrected chi connectivity index (χ1v) is 5.41. The second-order valence-corrected chi connectivity index (χ2v) is 3.89. The minimum absolute atomic E-state index is 0.157. The Bertz CT molecular complexity index is 566. The molecule has 2 rings (SSSR count). The summed E-state index contributed by atoms with van der Waals surface area (Å²) in [4.78, 5) is 14.9. The fourth-order valence-electron chi connectivity index (χ4n) is 1.65. The Hall–Kier alpha value is -2.15. The van der Waals surface area contributed by atoms with Crippen molar-refractivity contribution in [3.8, 4) is 0 Å². The number of carboxylic acids is 1. The normalized spacial score (nSPS) is 12.6. The first kappa shape index (κ1) is 12.3. The van der Waals surface area contributed by atoms with Crippen molar-refractivity contribution >= 4 is 17.4 Å². The van der Waals surface area contributed by atoms with Crippen molar-refractivity contribution in [1.29, 1.82) is 0 Å². The van der Waals surface area contributed by atoms with E-state index in [1.54, 1.807) is 4.52 Å². The summed E-state index contributed by atoms with van der Waals surface area (Å²) in [6.07, 6.45) is 0.550. The number of carbonyl (C=O) groups is 1. The van der Waals surface area contributed by atoms with Crippen LogP contribution in [0.15, 0.2) is 18.5 Å². The van der Waals surface area contributed by atoms with Crippen molar-refractivity contribution in [3.05, 3.63) is 24.0 Å². The molecule has 2 aromatic rings. The molecule has 96 valence electrons. The van der Waals surface area contributed by atoms with Gasteiger partial charge in [0.05, 0.1) is 6.54 Å². The van der Waals surface area contributed by atoms with E-state index in [0.717, 1.165) is 5.56 Å². The van der Waals surface area contributed by atoms with Crippen molar-refractivity contribution < 1.29 is 14.6 Å². The van der Waals surface area contributed by atoms with Gasteiger partial charge in [0.2, 0.25) is 0 Å². The Morgan fingerprint density at radius 3 is 3.06 bits per heavy atom. The summed E-state index contributed by atoms with van der Waals surface area (Å²) in [5.41, 5.74) is 1.73. The Labute approximate surface area is 103 Å². The average Bonchev–Trinajstić information content (AvgIpc) is 2.77. The molecule has 0 radical (unpaired) electrons. The summed E-state index contributed by atoms with van der Waals surface area (Å²) in [5.74, 6) is -0.321. The van der Waals surface area contributed by atoms with Gasteiger partial charge < -0.3 is 15.2 Å². The minimum atomic E-state index is -1.01. The van der Waals surface area contributed by atoms with Gasteiger partial charge in [-0.3, -0.25) is 0 Å². The van der Waals surface area contributed by atoms with Crippen LogP contribution in [0.2, 0.25) is 0 Å². The van der Waals surface area contributed by atoms with E-state index in [2.05, 4.69) is 15.4 Å². The number of ether oxygens (including phenoxy) is 1. The highest BCUT2D eigenvalue weighted by atomic mass is 16.5. The van der Waals surface area contributed by atoms with E-state index in [9.17, 15) is 4.79 Å². The summed E-state index contributed by atoms with van der Waals surface area (Å²) < 4.78 is 6.46. The lowest BCUT2D eigenvalue weighted by molar-refractivity contribution is -0.147. The third-order valence-electron chi connectivity index (χ3n) is 2.55. The van der Waals surface area contributed by atoms with Gasteiger partial charge in [0.15, 0.2) is 11.8 Å². The molecule has 0 amide bonds. The highest BCUT2D eigenvalue weighted by Crippen LogP contribution is 2.13. The maximum atomic E-state index is 10.8. The molecule has 0 aliphatic carbocycles. The summed E-state index contributed by atoms with van der Waals surface area (Å²) in [7, 11) is 1.36. The quantitative estimate of drug-likeness (QED) is 0.805. The van der Waals surface area contributed by atoms with Crippen LogP contribution in [0.25, 0.3) is 5.65 Å².